The van der Waals surface area contributed by atoms with Gasteiger partial charge in [-0.25, -0.2) is 4.98 Å². The van der Waals surface area contributed by atoms with E-state index in [4.69, 9.17) is 4.98 Å². The highest BCUT2D eigenvalue weighted by Crippen LogP contribution is 2.27. The Morgan fingerprint density at radius 1 is 1.12 bits per heavy atom. The third-order valence-electron chi connectivity index (χ3n) is 6.30. The average molecular weight is 435 g/mol. The number of hydrogen-bond acceptors (Lipinski definition) is 5. The Hall–Kier alpha value is -2.93. The fourth-order valence-electron chi connectivity index (χ4n) is 4.41. The van der Waals surface area contributed by atoms with Crippen molar-refractivity contribution >= 4 is 22.6 Å². The summed E-state index contributed by atoms with van der Waals surface area (Å²) in [5.74, 6) is 0.0656. The Morgan fingerprint density at radius 2 is 1.88 bits per heavy atom. The molecule has 0 saturated carbocycles. The lowest BCUT2D eigenvalue weighted by Crippen LogP contribution is -2.31. The molecule has 7 heteroatoms. The molecule has 1 aliphatic rings. The van der Waals surface area contributed by atoms with Gasteiger partial charge in [-0.2, -0.15) is 5.10 Å². The summed E-state index contributed by atoms with van der Waals surface area (Å²) < 4.78 is 0. The lowest BCUT2D eigenvalue weighted by Gasteiger charge is -2.26. The number of amides is 1. The van der Waals surface area contributed by atoms with Gasteiger partial charge in [0, 0.05) is 30.8 Å². The average Bonchev–Trinajstić information content (AvgIpc) is 3.32. The number of pyridine rings is 1. The van der Waals surface area contributed by atoms with Crippen LogP contribution in [0.25, 0.3) is 22.3 Å². The SMILES string of the molecule is CCN(CC)C(=O)c1ccc(-c2cc(NCCCN3CCCCC3)c3[nH]ncc3n2)cc1. The van der Waals surface area contributed by atoms with Crippen molar-refractivity contribution in [3.8, 4) is 11.3 Å². The summed E-state index contributed by atoms with van der Waals surface area (Å²) >= 11 is 0. The molecule has 4 rings (SSSR count). The zero-order valence-corrected chi connectivity index (χ0v) is 19.2. The van der Waals surface area contributed by atoms with Gasteiger partial charge in [0.2, 0.25) is 0 Å². The summed E-state index contributed by atoms with van der Waals surface area (Å²) in [7, 11) is 0. The highest BCUT2D eigenvalue weighted by molar-refractivity contribution is 5.95. The molecule has 1 amide bonds. The summed E-state index contributed by atoms with van der Waals surface area (Å²) in [5.41, 5.74) is 5.35. The van der Waals surface area contributed by atoms with E-state index in [1.807, 2.05) is 43.0 Å². The summed E-state index contributed by atoms with van der Waals surface area (Å²) in [6.45, 7) is 9.94. The predicted octanol–water partition coefficient (Wildman–Crippen LogP) is 4.39. The van der Waals surface area contributed by atoms with Crippen LogP contribution in [0, 0.1) is 0 Å². The summed E-state index contributed by atoms with van der Waals surface area (Å²) in [6, 6.07) is 9.81. The normalized spacial score (nSPS) is 14.6. The molecule has 0 bridgehead atoms. The Morgan fingerprint density at radius 3 is 2.59 bits per heavy atom. The standard InChI is InChI=1S/C25H34N6O/c1-3-31(4-2)25(32)20-11-9-19(10-12-20)21-17-22(24-23(28-21)18-27-29-24)26-13-8-16-30-14-6-5-7-15-30/h9-12,17-18H,3-8,13-16H2,1-2H3,(H,26,28)(H,27,29). The molecule has 0 spiro atoms. The minimum Gasteiger partial charge on any atom is -0.383 e. The molecule has 0 aliphatic carbocycles. The summed E-state index contributed by atoms with van der Waals surface area (Å²) in [6.07, 6.45) is 6.90. The molecule has 32 heavy (non-hydrogen) atoms. The van der Waals surface area contributed by atoms with Crippen molar-refractivity contribution in [1.29, 1.82) is 0 Å². The molecule has 0 atom stereocenters. The molecule has 170 valence electrons. The highest BCUT2D eigenvalue weighted by Gasteiger charge is 2.14. The minimum atomic E-state index is 0.0656. The number of hydrogen-bond donors (Lipinski definition) is 2. The van der Waals surface area contributed by atoms with Crippen molar-refractivity contribution in [1.82, 2.24) is 25.0 Å². The first-order valence-corrected chi connectivity index (χ1v) is 11.9. The van der Waals surface area contributed by atoms with Crippen LogP contribution in [0.15, 0.2) is 36.5 Å². The van der Waals surface area contributed by atoms with Crippen LogP contribution < -0.4 is 5.32 Å². The number of piperidine rings is 1. The Balaban J connectivity index is 1.46. The van der Waals surface area contributed by atoms with Gasteiger partial charge in [0.05, 0.1) is 17.6 Å². The number of nitrogens with one attached hydrogen (secondary N) is 2. The van der Waals surface area contributed by atoms with E-state index in [9.17, 15) is 4.79 Å². The number of nitrogens with zero attached hydrogens (tertiary/aromatic N) is 4. The zero-order valence-electron chi connectivity index (χ0n) is 19.2. The molecule has 1 aromatic carbocycles. The molecule has 3 heterocycles. The van der Waals surface area contributed by atoms with Crippen molar-refractivity contribution in [3.05, 3.63) is 42.1 Å². The second-order valence-corrected chi connectivity index (χ2v) is 8.42. The molecular weight excluding hydrogens is 400 g/mol. The first-order chi connectivity index (χ1) is 15.7. The quantitative estimate of drug-likeness (QED) is 0.488. The van der Waals surface area contributed by atoms with Gasteiger partial charge >= 0.3 is 0 Å². The molecule has 0 unspecified atom stereocenters. The van der Waals surface area contributed by atoms with E-state index in [0.717, 1.165) is 47.5 Å². The van der Waals surface area contributed by atoms with Gasteiger partial charge in [-0.15, -0.1) is 0 Å². The van der Waals surface area contributed by atoms with Crippen LogP contribution in [-0.4, -0.2) is 70.2 Å². The van der Waals surface area contributed by atoms with Crippen LogP contribution in [0.4, 0.5) is 5.69 Å². The molecule has 0 radical (unpaired) electrons. The molecule has 3 aromatic rings. The molecule has 7 nitrogen and oxygen atoms in total. The minimum absolute atomic E-state index is 0.0656. The van der Waals surface area contributed by atoms with E-state index < -0.39 is 0 Å². The number of carbonyl (C=O) groups excluding carboxylic acids is 1. The number of aromatic nitrogens is 3. The fourth-order valence-corrected chi connectivity index (χ4v) is 4.41. The Kier molecular flexibility index (Phi) is 7.37. The van der Waals surface area contributed by atoms with Crippen molar-refractivity contribution in [2.24, 2.45) is 0 Å². The monoisotopic (exact) mass is 434 g/mol. The molecule has 2 N–H and O–H groups in total. The number of benzene rings is 1. The third kappa shape index (κ3) is 5.10. The van der Waals surface area contributed by atoms with E-state index in [0.29, 0.717) is 18.7 Å². The summed E-state index contributed by atoms with van der Waals surface area (Å²) in [4.78, 5) is 21.8. The van der Waals surface area contributed by atoms with Gasteiger partial charge in [0.15, 0.2) is 0 Å². The Labute approximate surface area is 190 Å². The highest BCUT2D eigenvalue weighted by atomic mass is 16.2. The number of carbonyl (C=O) groups is 1. The maximum atomic E-state index is 12.6. The largest absolute Gasteiger partial charge is 0.383 e. The molecule has 1 aliphatic heterocycles. The fraction of sp³-hybridized carbons (Fsp3) is 0.480. The Bertz CT molecular complexity index is 1020. The van der Waals surface area contributed by atoms with Crippen LogP contribution in [0.2, 0.25) is 0 Å². The lowest BCUT2D eigenvalue weighted by molar-refractivity contribution is 0.0773. The number of H-pyrrole nitrogens is 1. The second kappa shape index (κ2) is 10.6. The smallest absolute Gasteiger partial charge is 0.253 e. The van der Waals surface area contributed by atoms with Crippen molar-refractivity contribution in [2.75, 3.05) is 44.6 Å². The van der Waals surface area contributed by atoms with Crippen molar-refractivity contribution < 1.29 is 4.79 Å². The van der Waals surface area contributed by atoms with E-state index in [1.54, 1.807) is 6.20 Å². The topological polar surface area (TPSA) is 77.2 Å². The van der Waals surface area contributed by atoms with Crippen molar-refractivity contribution in [2.45, 2.75) is 39.5 Å². The van der Waals surface area contributed by atoms with E-state index in [-0.39, 0.29) is 5.91 Å². The predicted molar refractivity (Wildman–Crippen MR) is 130 cm³/mol. The van der Waals surface area contributed by atoms with Crippen LogP contribution in [0.1, 0.15) is 49.9 Å². The maximum Gasteiger partial charge on any atom is 0.253 e. The maximum absolute atomic E-state index is 12.6. The first-order valence-electron chi connectivity index (χ1n) is 11.9. The van der Waals surface area contributed by atoms with Crippen LogP contribution in [-0.2, 0) is 0 Å². The van der Waals surface area contributed by atoms with E-state index in [2.05, 4.69) is 26.5 Å². The molecule has 1 saturated heterocycles. The third-order valence-corrected chi connectivity index (χ3v) is 6.30. The lowest BCUT2D eigenvalue weighted by atomic mass is 10.1. The van der Waals surface area contributed by atoms with Gasteiger partial charge < -0.3 is 15.1 Å². The number of rotatable bonds is 9. The van der Waals surface area contributed by atoms with E-state index in [1.165, 1.54) is 32.4 Å². The molecule has 2 aromatic heterocycles. The van der Waals surface area contributed by atoms with Gasteiger partial charge in [-0.05, 0) is 70.9 Å². The number of fused-ring (bicyclic) bond motifs is 1. The van der Waals surface area contributed by atoms with Gasteiger partial charge in [0.1, 0.15) is 11.0 Å². The van der Waals surface area contributed by atoms with Gasteiger partial charge in [-0.1, -0.05) is 18.6 Å². The van der Waals surface area contributed by atoms with Gasteiger partial charge in [0.25, 0.3) is 5.91 Å². The number of aromatic amines is 1. The van der Waals surface area contributed by atoms with Gasteiger partial charge in [-0.3, -0.25) is 9.89 Å². The first kappa shape index (κ1) is 22.3. The van der Waals surface area contributed by atoms with Crippen LogP contribution in [0.3, 0.4) is 0 Å². The zero-order chi connectivity index (χ0) is 22.3. The van der Waals surface area contributed by atoms with Crippen molar-refractivity contribution in [3.63, 3.8) is 0 Å². The molecule has 1 fully saturated rings. The summed E-state index contributed by atoms with van der Waals surface area (Å²) in [5, 5.41) is 10.8. The van der Waals surface area contributed by atoms with Crippen LogP contribution in [0.5, 0.6) is 0 Å². The number of likely N-dealkylation sites (tertiary alicyclic amines) is 1. The number of anilines is 1. The molecular formula is C25H34N6O. The second-order valence-electron chi connectivity index (χ2n) is 8.42. The van der Waals surface area contributed by atoms with E-state index >= 15 is 0 Å². The van der Waals surface area contributed by atoms with Crippen LogP contribution >= 0.6 is 0 Å².